The van der Waals surface area contributed by atoms with E-state index in [0.717, 1.165) is 18.5 Å². The van der Waals surface area contributed by atoms with Crippen LogP contribution in [0.15, 0.2) is 0 Å². The van der Waals surface area contributed by atoms with Crippen molar-refractivity contribution in [3.8, 4) is 0 Å². The van der Waals surface area contributed by atoms with E-state index in [1.807, 2.05) is 0 Å². The summed E-state index contributed by atoms with van der Waals surface area (Å²) in [5.74, 6) is 1.02. The Kier molecular flexibility index (Phi) is 3.16. The van der Waals surface area contributed by atoms with Gasteiger partial charge in [-0.25, -0.2) is 0 Å². The minimum Gasteiger partial charge on any atom is -0.313 e. The van der Waals surface area contributed by atoms with Crippen molar-refractivity contribution < 1.29 is 0 Å². The Morgan fingerprint density at radius 3 is 2.29 bits per heavy atom. The molecule has 2 aliphatic rings. The summed E-state index contributed by atoms with van der Waals surface area (Å²) in [6.45, 7) is 5.81. The van der Waals surface area contributed by atoms with Crippen LogP contribution in [0.5, 0.6) is 0 Å². The highest BCUT2D eigenvalue weighted by Crippen LogP contribution is 2.50. The number of rotatable bonds is 5. The summed E-state index contributed by atoms with van der Waals surface area (Å²) in [4.78, 5) is 0. The van der Waals surface area contributed by atoms with Crippen molar-refractivity contribution in [3.05, 3.63) is 0 Å². The molecule has 0 aromatic carbocycles. The maximum atomic E-state index is 3.78. The lowest BCUT2D eigenvalue weighted by molar-refractivity contribution is 0.168. The average molecular weight is 195 g/mol. The molecule has 2 aliphatic carbocycles. The summed E-state index contributed by atoms with van der Waals surface area (Å²) in [7, 11) is 0. The molecule has 0 amide bonds. The molecule has 14 heavy (non-hydrogen) atoms. The van der Waals surface area contributed by atoms with E-state index in [1.54, 1.807) is 0 Å². The minimum atomic E-state index is 0.678. The van der Waals surface area contributed by atoms with E-state index in [-0.39, 0.29) is 0 Å². The summed E-state index contributed by atoms with van der Waals surface area (Å²) in [6.07, 6.45) is 10.3. The zero-order valence-corrected chi connectivity index (χ0v) is 9.81. The number of hydrogen-bond acceptors (Lipinski definition) is 1. The summed E-state index contributed by atoms with van der Waals surface area (Å²) < 4.78 is 0. The van der Waals surface area contributed by atoms with E-state index < -0.39 is 0 Å². The smallest absolute Gasteiger partial charge is 0.0151 e. The fraction of sp³-hybridized carbons (Fsp3) is 1.00. The third kappa shape index (κ3) is 1.84. The molecular formula is C13H25N. The van der Waals surface area contributed by atoms with Crippen molar-refractivity contribution in [1.82, 2.24) is 5.32 Å². The van der Waals surface area contributed by atoms with E-state index in [4.69, 9.17) is 0 Å². The highest BCUT2D eigenvalue weighted by Gasteiger charge is 2.46. The van der Waals surface area contributed by atoms with Gasteiger partial charge in [0.05, 0.1) is 0 Å². The molecule has 0 aromatic rings. The van der Waals surface area contributed by atoms with Gasteiger partial charge in [0.25, 0.3) is 0 Å². The predicted molar refractivity (Wildman–Crippen MR) is 61.4 cm³/mol. The van der Waals surface area contributed by atoms with Crippen molar-refractivity contribution in [2.24, 2.45) is 11.3 Å². The second-order valence-electron chi connectivity index (χ2n) is 5.30. The third-order valence-corrected chi connectivity index (χ3v) is 4.48. The van der Waals surface area contributed by atoms with Gasteiger partial charge in [0, 0.05) is 6.04 Å². The Morgan fingerprint density at radius 2 is 1.86 bits per heavy atom. The maximum absolute atomic E-state index is 3.78. The summed E-state index contributed by atoms with van der Waals surface area (Å²) in [5, 5.41) is 3.78. The van der Waals surface area contributed by atoms with Crippen LogP contribution >= 0.6 is 0 Å². The highest BCUT2D eigenvalue weighted by atomic mass is 14.9. The fourth-order valence-electron chi connectivity index (χ4n) is 3.50. The summed E-state index contributed by atoms with van der Waals surface area (Å²) >= 11 is 0. The molecule has 0 aromatic heterocycles. The molecule has 2 rings (SSSR count). The predicted octanol–water partition coefficient (Wildman–Crippen LogP) is 3.34. The van der Waals surface area contributed by atoms with Crippen molar-refractivity contribution in [3.63, 3.8) is 0 Å². The highest BCUT2D eigenvalue weighted by molar-refractivity contribution is 5.00. The monoisotopic (exact) mass is 195 g/mol. The zero-order chi connectivity index (χ0) is 10.0. The van der Waals surface area contributed by atoms with Gasteiger partial charge in [0.15, 0.2) is 0 Å². The molecule has 0 spiro atoms. The lowest BCUT2D eigenvalue weighted by atomic mass is 9.74. The molecule has 1 unspecified atom stereocenters. The largest absolute Gasteiger partial charge is 0.313 e. The molecule has 1 atom stereocenters. The van der Waals surface area contributed by atoms with Gasteiger partial charge < -0.3 is 5.32 Å². The van der Waals surface area contributed by atoms with Gasteiger partial charge in [-0.1, -0.05) is 26.7 Å². The van der Waals surface area contributed by atoms with Gasteiger partial charge in [-0.15, -0.1) is 0 Å². The Morgan fingerprint density at radius 1 is 1.21 bits per heavy atom. The lowest BCUT2D eigenvalue weighted by Crippen LogP contribution is -2.45. The zero-order valence-electron chi connectivity index (χ0n) is 9.81. The fourth-order valence-corrected chi connectivity index (χ4v) is 3.50. The molecule has 1 nitrogen and oxygen atoms in total. The van der Waals surface area contributed by atoms with Crippen LogP contribution in [0.2, 0.25) is 0 Å². The first-order valence-electron chi connectivity index (χ1n) is 6.56. The Bertz CT molecular complexity index is 178. The summed E-state index contributed by atoms with van der Waals surface area (Å²) in [5.41, 5.74) is 0.678. The first kappa shape index (κ1) is 10.5. The first-order chi connectivity index (χ1) is 6.82. The second kappa shape index (κ2) is 4.22. The van der Waals surface area contributed by atoms with Crippen LogP contribution in [0, 0.1) is 11.3 Å². The average Bonchev–Trinajstić information content (AvgIpc) is 2.93. The standard InChI is InChI=1S/C13H25N/c1-3-13(9-5-6-10-13)12(14-4-2)11-7-8-11/h11-12,14H,3-10H2,1-2H3. The van der Waals surface area contributed by atoms with Crippen molar-refractivity contribution in [1.29, 1.82) is 0 Å². The molecule has 2 saturated carbocycles. The quantitative estimate of drug-likeness (QED) is 0.709. The first-order valence-corrected chi connectivity index (χ1v) is 6.56. The molecule has 0 saturated heterocycles. The van der Waals surface area contributed by atoms with Crippen molar-refractivity contribution in [2.45, 2.75) is 64.8 Å². The Hall–Kier alpha value is -0.0400. The van der Waals surface area contributed by atoms with E-state index in [9.17, 15) is 0 Å². The molecule has 2 fully saturated rings. The number of nitrogens with one attached hydrogen (secondary N) is 1. The second-order valence-corrected chi connectivity index (χ2v) is 5.30. The van der Waals surface area contributed by atoms with Crippen LogP contribution in [0.3, 0.4) is 0 Å². The number of hydrogen-bond donors (Lipinski definition) is 1. The van der Waals surface area contributed by atoms with Gasteiger partial charge in [-0.3, -0.25) is 0 Å². The molecule has 1 N–H and O–H groups in total. The van der Waals surface area contributed by atoms with Gasteiger partial charge in [-0.05, 0) is 50.0 Å². The van der Waals surface area contributed by atoms with Gasteiger partial charge >= 0.3 is 0 Å². The minimum absolute atomic E-state index is 0.678. The molecule has 82 valence electrons. The van der Waals surface area contributed by atoms with Crippen molar-refractivity contribution >= 4 is 0 Å². The molecule has 1 heteroatoms. The maximum Gasteiger partial charge on any atom is 0.0151 e. The van der Waals surface area contributed by atoms with Crippen molar-refractivity contribution in [2.75, 3.05) is 6.54 Å². The molecule has 0 heterocycles. The molecule has 0 aliphatic heterocycles. The van der Waals surface area contributed by atoms with Gasteiger partial charge in [0.2, 0.25) is 0 Å². The van der Waals surface area contributed by atoms with Crippen LogP contribution in [-0.2, 0) is 0 Å². The van der Waals surface area contributed by atoms with Crippen LogP contribution in [0.1, 0.15) is 58.8 Å². The van der Waals surface area contributed by atoms with E-state index in [1.165, 1.54) is 44.9 Å². The van der Waals surface area contributed by atoms with Gasteiger partial charge in [0.1, 0.15) is 0 Å². The van der Waals surface area contributed by atoms with Crippen LogP contribution < -0.4 is 5.32 Å². The van der Waals surface area contributed by atoms with E-state index >= 15 is 0 Å². The molecule has 0 radical (unpaired) electrons. The van der Waals surface area contributed by atoms with Crippen LogP contribution in [0.4, 0.5) is 0 Å². The Balaban J connectivity index is 2.05. The van der Waals surface area contributed by atoms with Crippen LogP contribution in [0.25, 0.3) is 0 Å². The lowest BCUT2D eigenvalue weighted by Gasteiger charge is -2.38. The topological polar surface area (TPSA) is 12.0 Å². The normalized spacial score (nSPS) is 27.9. The molecule has 0 bridgehead atoms. The van der Waals surface area contributed by atoms with Crippen LogP contribution in [-0.4, -0.2) is 12.6 Å². The Labute approximate surface area is 88.7 Å². The third-order valence-electron chi connectivity index (χ3n) is 4.48. The summed E-state index contributed by atoms with van der Waals surface area (Å²) in [6, 6.07) is 0.847. The van der Waals surface area contributed by atoms with E-state index in [0.29, 0.717) is 5.41 Å². The van der Waals surface area contributed by atoms with E-state index in [2.05, 4.69) is 19.2 Å². The SMILES string of the molecule is CCNC(C1CC1)C1(CC)CCCC1. The molecular weight excluding hydrogens is 170 g/mol. The van der Waals surface area contributed by atoms with Gasteiger partial charge in [-0.2, -0.15) is 0 Å².